The minimum absolute atomic E-state index is 0.0647. The van der Waals surface area contributed by atoms with E-state index >= 15 is 0 Å². The van der Waals surface area contributed by atoms with Crippen LogP contribution in [0, 0.1) is 5.92 Å². The minimum atomic E-state index is -2.40. The lowest BCUT2D eigenvalue weighted by atomic mass is 9.86. The van der Waals surface area contributed by atoms with Gasteiger partial charge in [0.05, 0.1) is 18.9 Å². The Labute approximate surface area is 227 Å². The molecule has 3 fully saturated rings. The number of benzene rings is 2. The van der Waals surface area contributed by atoms with Gasteiger partial charge in [0.15, 0.2) is 8.32 Å². The van der Waals surface area contributed by atoms with Gasteiger partial charge in [0.25, 0.3) is 5.91 Å². The zero-order valence-corrected chi connectivity index (χ0v) is 24.0. The smallest absolute Gasteiger partial charge is 0.254 e. The highest BCUT2D eigenvalue weighted by Crippen LogP contribution is 2.45. The van der Waals surface area contributed by atoms with Gasteiger partial charge in [-0.05, 0) is 94.0 Å². The Morgan fingerprint density at radius 2 is 1.68 bits per heavy atom. The molecule has 3 aliphatic rings. The van der Waals surface area contributed by atoms with Crippen molar-refractivity contribution in [3.63, 3.8) is 0 Å². The molecular weight excluding hydrogens is 494 g/mol. The van der Waals surface area contributed by atoms with Crippen molar-refractivity contribution >= 4 is 25.6 Å². The Bertz CT molecular complexity index is 1080. The number of carbonyl (C=O) groups excluding carboxylic acids is 1. The number of amides is 1. The quantitative estimate of drug-likeness (QED) is 0.443. The van der Waals surface area contributed by atoms with Gasteiger partial charge in [-0.15, -0.1) is 0 Å². The maximum Gasteiger partial charge on any atom is 0.254 e. The SMILES string of the molecule is C[C@H]1[C@H]([Si](C)(C)O)[C@@H](CCO)O[C@H]1CCc1ccc(N2CN(c3ccccc3)C3(CCNCC3)C2=O)cc1. The van der Waals surface area contributed by atoms with Gasteiger partial charge in [-0.2, -0.15) is 0 Å². The first kappa shape index (κ1) is 27.3. The Balaban J connectivity index is 1.28. The lowest BCUT2D eigenvalue weighted by Crippen LogP contribution is -2.55. The second kappa shape index (κ2) is 11.1. The Morgan fingerprint density at radius 3 is 2.32 bits per heavy atom. The lowest BCUT2D eigenvalue weighted by molar-refractivity contribution is -0.122. The third kappa shape index (κ3) is 5.17. The van der Waals surface area contributed by atoms with Crippen molar-refractivity contribution in [2.75, 3.05) is 36.2 Å². The number of nitrogens with one attached hydrogen (secondary N) is 1. The topological polar surface area (TPSA) is 85.3 Å². The number of nitrogens with zero attached hydrogens (tertiary/aromatic N) is 2. The number of aliphatic hydroxyl groups is 1. The molecule has 7 nitrogen and oxygen atoms in total. The maximum absolute atomic E-state index is 13.9. The van der Waals surface area contributed by atoms with Crippen LogP contribution in [0.25, 0.3) is 0 Å². The van der Waals surface area contributed by atoms with Crippen LogP contribution in [0.15, 0.2) is 54.6 Å². The van der Waals surface area contributed by atoms with Crippen LogP contribution in [0.5, 0.6) is 0 Å². The van der Waals surface area contributed by atoms with Crippen molar-refractivity contribution in [2.24, 2.45) is 5.92 Å². The van der Waals surface area contributed by atoms with Crippen molar-refractivity contribution in [3.05, 3.63) is 60.2 Å². The molecule has 3 N–H and O–H groups in total. The van der Waals surface area contributed by atoms with Crippen molar-refractivity contribution in [1.82, 2.24) is 5.32 Å². The average molecular weight is 538 g/mol. The molecule has 2 aromatic rings. The van der Waals surface area contributed by atoms with Gasteiger partial charge in [-0.3, -0.25) is 9.69 Å². The highest BCUT2D eigenvalue weighted by Gasteiger charge is 2.53. The first-order valence-corrected chi connectivity index (χ1v) is 17.2. The Hall–Kier alpha value is -2.23. The summed E-state index contributed by atoms with van der Waals surface area (Å²) in [5, 5.41) is 12.9. The van der Waals surface area contributed by atoms with Crippen LogP contribution in [-0.2, 0) is 16.0 Å². The van der Waals surface area contributed by atoms with Crippen molar-refractivity contribution < 1.29 is 19.4 Å². The van der Waals surface area contributed by atoms with Gasteiger partial charge in [0.2, 0.25) is 0 Å². The zero-order chi connectivity index (χ0) is 26.9. The molecule has 8 heteroatoms. The lowest BCUT2D eigenvalue weighted by Gasteiger charge is -2.39. The number of ether oxygens (including phenoxy) is 1. The van der Waals surface area contributed by atoms with Gasteiger partial charge < -0.3 is 24.9 Å². The van der Waals surface area contributed by atoms with Crippen LogP contribution in [0.2, 0.25) is 18.6 Å². The number of hydrogen-bond acceptors (Lipinski definition) is 6. The summed E-state index contributed by atoms with van der Waals surface area (Å²) in [5.41, 5.74) is 2.90. The molecule has 1 spiro atoms. The van der Waals surface area contributed by atoms with Crippen LogP contribution in [-0.4, -0.2) is 68.2 Å². The van der Waals surface area contributed by atoms with E-state index in [4.69, 9.17) is 4.74 Å². The average Bonchev–Trinajstić information content (AvgIpc) is 3.38. The van der Waals surface area contributed by atoms with Gasteiger partial charge in [-0.1, -0.05) is 37.3 Å². The fourth-order valence-corrected chi connectivity index (χ4v) is 9.78. The van der Waals surface area contributed by atoms with Crippen molar-refractivity contribution in [1.29, 1.82) is 0 Å². The molecule has 3 saturated heterocycles. The number of piperidine rings is 1. The highest BCUT2D eigenvalue weighted by atomic mass is 28.4. The maximum atomic E-state index is 13.9. The number of hydrogen-bond donors (Lipinski definition) is 3. The van der Waals surface area contributed by atoms with Gasteiger partial charge in [-0.25, -0.2) is 0 Å². The summed E-state index contributed by atoms with van der Waals surface area (Å²) >= 11 is 0. The summed E-state index contributed by atoms with van der Waals surface area (Å²) in [6, 6.07) is 18.7. The summed E-state index contributed by atoms with van der Waals surface area (Å²) in [7, 11) is -2.40. The molecule has 206 valence electrons. The molecule has 1 amide bonds. The Kier molecular flexibility index (Phi) is 7.98. The standard InChI is InChI=1S/C30H43N3O4Si/c1-22-26(37-27(15-20-34)28(22)38(2,3)36)14-11-23-9-12-24(13-10-23)32-21-33(25-7-5-4-6-8-25)30(29(32)35)16-18-31-19-17-30/h4-10,12-13,22,26-28,31,34,36H,11,14-21H2,1-3H3/t22-,26+,27-,28+/m1/s1. The minimum Gasteiger partial charge on any atom is -0.432 e. The fraction of sp³-hybridized carbons (Fsp3) is 0.567. The molecule has 3 heterocycles. The van der Waals surface area contributed by atoms with Crippen LogP contribution in [0.3, 0.4) is 0 Å². The molecule has 3 aliphatic heterocycles. The largest absolute Gasteiger partial charge is 0.432 e. The normalized spacial score (nSPS) is 27.4. The van der Waals surface area contributed by atoms with Gasteiger partial charge in [0.1, 0.15) is 5.54 Å². The zero-order valence-electron chi connectivity index (χ0n) is 23.0. The summed E-state index contributed by atoms with van der Waals surface area (Å²) in [5.74, 6) is 0.463. The van der Waals surface area contributed by atoms with Crippen molar-refractivity contribution in [2.45, 2.75) is 75.4 Å². The van der Waals surface area contributed by atoms with E-state index in [0.29, 0.717) is 13.1 Å². The first-order valence-electron chi connectivity index (χ1n) is 14.2. The third-order valence-corrected chi connectivity index (χ3v) is 11.6. The number of aryl methyl sites for hydroxylation is 1. The van der Waals surface area contributed by atoms with E-state index in [2.05, 4.69) is 53.5 Å². The molecule has 0 bridgehead atoms. The van der Waals surface area contributed by atoms with E-state index in [-0.39, 0.29) is 36.2 Å². The van der Waals surface area contributed by atoms with E-state index in [1.165, 1.54) is 5.56 Å². The molecule has 0 aliphatic carbocycles. The highest BCUT2D eigenvalue weighted by molar-refractivity contribution is 6.71. The van der Waals surface area contributed by atoms with Crippen LogP contribution in [0.1, 0.15) is 38.2 Å². The van der Waals surface area contributed by atoms with E-state index in [0.717, 1.165) is 50.1 Å². The van der Waals surface area contributed by atoms with E-state index in [1.54, 1.807) is 0 Å². The predicted molar refractivity (Wildman–Crippen MR) is 154 cm³/mol. The van der Waals surface area contributed by atoms with Gasteiger partial charge >= 0.3 is 0 Å². The number of para-hydroxylation sites is 1. The number of carbonyl (C=O) groups is 1. The van der Waals surface area contributed by atoms with Gasteiger partial charge in [0, 0.05) is 23.5 Å². The number of aliphatic hydroxyl groups excluding tert-OH is 1. The number of anilines is 2. The molecular formula is C30H43N3O4Si. The van der Waals surface area contributed by atoms with E-state index < -0.39 is 13.9 Å². The molecule has 4 atom stereocenters. The second-order valence-corrected chi connectivity index (χ2v) is 15.9. The second-order valence-electron chi connectivity index (χ2n) is 11.9. The molecule has 0 saturated carbocycles. The van der Waals surface area contributed by atoms with E-state index in [9.17, 15) is 14.7 Å². The molecule has 0 radical (unpaired) electrons. The van der Waals surface area contributed by atoms with E-state index in [1.807, 2.05) is 36.2 Å². The third-order valence-electron chi connectivity index (χ3n) is 9.04. The molecule has 38 heavy (non-hydrogen) atoms. The van der Waals surface area contributed by atoms with Crippen molar-refractivity contribution in [3.8, 4) is 0 Å². The predicted octanol–water partition coefficient (Wildman–Crippen LogP) is 3.91. The van der Waals surface area contributed by atoms with Crippen LogP contribution < -0.4 is 15.1 Å². The summed E-state index contributed by atoms with van der Waals surface area (Å²) < 4.78 is 6.36. The molecule has 0 unspecified atom stereocenters. The number of rotatable bonds is 8. The van der Waals surface area contributed by atoms with Crippen LogP contribution in [0.4, 0.5) is 11.4 Å². The fourth-order valence-electron chi connectivity index (χ4n) is 7.13. The molecule has 0 aromatic heterocycles. The first-order chi connectivity index (χ1) is 18.2. The Morgan fingerprint density at radius 1 is 1.00 bits per heavy atom. The molecule has 5 rings (SSSR count). The summed E-state index contributed by atoms with van der Waals surface area (Å²) in [6.07, 6.45) is 3.96. The van der Waals surface area contributed by atoms with Crippen LogP contribution >= 0.6 is 0 Å². The molecule has 2 aromatic carbocycles. The summed E-state index contributed by atoms with van der Waals surface area (Å²) in [4.78, 5) is 29.0. The monoisotopic (exact) mass is 537 g/mol. The summed E-state index contributed by atoms with van der Waals surface area (Å²) in [6.45, 7) is 8.49.